The highest BCUT2D eigenvalue weighted by molar-refractivity contribution is 6.04. The van der Waals surface area contributed by atoms with Gasteiger partial charge in [-0.3, -0.25) is 9.59 Å². The van der Waals surface area contributed by atoms with Gasteiger partial charge in [0.2, 0.25) is 11.5 Å². The van der Waals surface area contributed by atoms with Crippen LogP contribution in [0.1, 0.15) is 11.7 Å². The molecule has 0 fully saturated rings. The Balaban J connectivity index is 2.53. The second-order valence-electron chi connectivity index (χ2n) is 3.72. The summed E-state index contributed by atoms with van der Waals surface area (Å²) in [5.74, 6) is -0.433. The van der Waals surface area contributed by atoms with Crippen molar-refractivity contribution in [2.75, 3.05) is 0 Å². The van der Waals surface area contributed by atoms with Gasteiger partial charge in [-0.05, 0) is 6.07 Å². The number of fused-ring (bicyclic) bond motifs is 3. The number of benzene rings is 1. The van der Waals surface area contributed by atoms with Gasteiger partial charge in [0.25, 0.3) is 0 Å². The number of carbonyl (C=O) groups excluding carboxylic acids is 1. The molecule has 0 N–H and O–H groups in total. The average molecular weight is 228 g/mol. The van der Waals surface area contributed by atoms with Crippen LogP contribution < -0.4 is 5.56 Å². The lowest BCUT2D eigenvalue weighted by atomic mass is 10.2. The number of rotatable bonds is 0. The third-order valence-electron chi connectivity index (χ3n) is 2.62. The first-order chi connectivity index (χ1) is 8.18. The van der Waals surface area contributed by atoms with Crippen LogP contribution in [0.2, 0.25) is 0 Å². The van der Waals surface area contributed by atoms with E-state index in [1.54, 1.807) is 6.07 Å². The van der Waals surface area contributed by atoms with Crippen LogP contribution in [0.15, 0.2) is 39.7 Å². The van der Waals surface area contributed by atoms with E-state index in [1.807, 2.05) is 18.2 Å². The lowest BCUT2D eigenvalue weighted by molar-refractivity contribution is 0.0915. The summed E-state index contributed by atoms with van der Waals surface area (Å²) >= 11 is 0. The highest BCUT2D eigenvalue weighted by atomic mass is 16.3. The zero-order chi connectivity index (χ0) is 12.0. The summed E-state index contributed by atoms with van der Waals surface area (Å²) in [5, 5.41) is 5.27. The van der Waals surface area contributed by atoms with Crippen LogP contribution in [-0.4, -0.2) is 15.7 Å². The zero-order valence-corrected chi connectivity index (χ0v) is 9.01. The van der Waals surface area contributed by atoms with Gasteiger partial charge in [0, 0.05) is 12.3 Å². The summed E-state index contributed by atoms with van der Waals surface area (Å²) in [7, 11) is 0. The summed E-state index contributed by atoms with van der Waals surface area (Å²) < 4.78 is 6.24. The third-order valence-corrected chi connectivity index (χ3v) is 2.62. The fourth-order valence-electron chi connectivity index (χ4n) is 1.84. The van der Waals surface area contributed by atoms with E-state index in [2.05, 4.69) is 5.10 Å². The molecule has 2 aromatic heterocycles. The van der Waals surface area contributed by atoms with Gasteiger partial charge in [0.1, 0.15) is 5.58 Å². The Morgan fingerprint density at radius 3 is 2.82 bits per heavy atom. The lowest BCUT2D eigenvalue weighted by Crippen LogP contribution is -2.26. The van der Waals surface area contributed by atoms with Gasteiger partial charge in [-0.15, -0.1) is 0 Å². The van der Waals surface area contributed by atoms with Crippen molar-refractivity contribution in [1.29, 1.82) is 0 Å². The van der Waals surface area contributed by atoms with Gasteiger partial charge in [-0.1, -0.05) is 18.2 Å². The minimum atomic E-state index is -0.522. The normalized spacial score (nSPS) is 11.1. The van der Waals surface area contributed by atoms with Crippen LogP contribution in [0.3, 0.4) is 0 Å². The molecule has 84 valence electrons. The van der Waals surface area contributed by atoms with Gasteiger partial charge in [0.15, 0.2) is 0 Å². The molecular formula is C12H8N2O3. The maximum Gasteiger partial charge on any atom is 0.317 e. The second-order valence-corrected chi connectivity index (χ2v) is 3.72. The maximum atomic E-state index is 11.9. The van der Waals surface area contributed by atoms with Crippen LogP contribution in [0.4, 0.5) is 0 Å². The van der Waals surface area contributed by atoms with Crippen LogP contribution in [-0.2, 0) is 0 Å². The summed E-state index contributed by atoms with van der Waals surface area (Å²) in [6.45, 7) is 1.28. The van der Waals surface area contributed by atoms with E-state index in [1.165, 1.54) is 13.1 Å². The molecule has 0 saturated carbocycles. The molecule has 0 unspecified atom stereocenters. The SMILES string of the molecule is CC(=O)n1ncc2c(oc3ccccc32)c1=O. The predicted octanol–water partition coefficient (Wildman–Crippen LogP) is 1.80. The van der Waals surface area contributed by atoms with Crippen molar-refractivity contribution in [2.45, 2.75) is 6.92 Å². The van der Waals surface area contributed by atoms with E-state index < -0.39 is 11.5 Å². The largest absolute Gasteiger partial charge is 0.450 e. The van der Waals surface area contributed by atoms with E-state index >= 15 is 0 Å². The Morgan fingerprint density at radius 1 is 1.29 bits per heavy atom. The number of carbonyl (C=O) groups is 1. The average Bonchev–Trinajstić information content (AvgIpc) is 2.69. The molecule has 0 aliphatic heterocycles. The topological polar surface area (TPSA) is 65.1 Å². The Kier molecular flexibility index (Phi) is 1.89. The zero-order valence-electron chi connectivity index (χ0n) is 9.01. The molecule has 2 heterocycles. The van der Waals surface area contributed by atoms with Crippen molar-refractivity contribution in [2.24, 2.45) is 0 Å². The highest BCUT2D eigenvalue weighted by Crippen LogP contribution is 2.24. The Hall–Kier alpha value is -2.43. The molecule has 0 aliphatic rings. The van der Waals surface area contributed by atoms with Crippen LogP contribution in [0.5, 0.6) is 0 Å². The minimum absolute atomic E-state index is 0.163. The van der Waals surface area contributed by atoms with E-state index in [-0.39, 0.29) is 5.58 Å². The van der Waals surface area contributed by atoms with Crippen molar-refractivity contribution < 1.29 is 9.21 Å². The Bertz CT molecular complexity index is 798. The van der Waals surface area contributed by atoms with Gasteiger partial charge < -0.3 is 4.42 Å². The molecule has 1 aromatic carbocycles. The van der Waals surface area contributed by atoms with Gasteiger partial charge >= 0.3 is 5.56 Å². The molecule has 17 heavy (non-hydrogen) atoms. The van der Waals surface area contributed by atoms with Gasteiger partial charge in [-0.2, -0.15) is 9.78 Å². The van der Waals surface area contributed by atoms with Gasteiger partial charge in [0.05, 0.1) is 11.6 Å². The van der Waals surface area contributed by atoms with Crippen molar-refractivity contribution >= 4 is 27.8 Å². The molecule has 0 bridgehead atoms. The van der Waals surface area contributed by atoms with Crippen molar-refractivity contribution in [3.8, 4) is 0 Å². The molecule has 0 spiro atoms. The van der Waals surface area contributed by atoms with E-state index in [0.717, 1.165) is 10.1 Å². The van der Waals surface area contributed by atoms with Crippen molar-refractivity contribution in [3.05, 3.63) is 40.8 Å². The second kappa shape index (κ2) is 3.28. The molecule has 3 rings (SSSR count). The molecule has 3 aromatic rings. The summed E-state index contributed by atoms with van der Waals surface area (Å²) in [5.41, 5.74) is 0.255. The first kappa shape index (κ1) is 9.77. The van der Waals surface area contributed by atoms with Crippen LogP contribution in [0, 0.1) is 0 Å². The number of aromatic nitrogens is 2. The quantitative estimate of drug-likeness (QED) is 0.588. The number of para-hydroxylation sites is 1. The summed E-state index contributed by atoms with van der Waals surface area (Å²) in [6, 6.07) is 7.29. The molecule has 5 heteroatoms. The molecular weight excluding hydrogens is 220 g/mol. The third kappa shape index (κ3) is 1.29. The number of furan rings is 1. The fourth-order valence-corrected chi connectivity index (χ4v) is 1.84. The fraction of sp³-hybridized carbons (Fsp3) is 0.0833. The number of hydrogen-bond acceptors (Lipinski definition) is 4. The van der Waals surface area contributed by atoms with Crippen molar-refractivity contribution in [1.82, 2.24) is 9.78 Å². The monoisotopic (exact) mass is 228 g/mol. The molecule has 0 amide bonds. The van der Waals surface area contributed by atoms with Gasteiger partial charge in [-0.25, -0.2) is 0 Å². The molecule has 0 aliphatic carbocycles. The number of nitrogens with zero attached hydrogens (tertiary/aromatic N) is 2. The molecule has 0 atom stereocenters. The van der Waals surface area contributed by atoms with Crippen molar-refractivity contribution in [3.63, 3.8) is 0 Å². The summed E-state index contributed by atoms with van der Waals surface area (Å²) in [6.07, 6.45) is 1.48. The molecule has 0 saturated heterocycles. The van der Waals surface area contributed by atoms with Crippen LogP contribution >= 0.6 is 0 Å². The summed E-state index contributed by atoms with van der Waals surface area (Å²) in [4.78, 5) is 23.1. The van der Waals surface area contributed by atoms with E-state index in [4.69, 9.17) is 4.42 Å². The highest BCUT2D eigenvalue weighted by Gasteiger charge is 2.13. The Labute approximate surface area is 95.3 Å². The lowest BCUT2D eigenvalue weighted by Gasteiger charge is -1.96. The van der Waals surface area contributed by atoms with Crippen LogP contribution in [0.25, 0.3) is 21.9 Å². The Morgan fingerprint density at radius 2 is 2.06 bits per heavy atom. The standard InChI is InChI=1S/C12H8N2O3/c1-7(15)14-12(16)11-9(6-13-14)8-4-2-3-5-10(8)17-11/h2-6H,1H3. The molecule has 0 radical (unpaired) electrons. The minimum Gasteiger partial charge on any atom is -0.450 e. The smallest absolute Gasteiger partial charge is 0.317 e. The maximum absolute atomic E-state index is 11.9. The van der Waals surface area contributed by atoms with E-state index in [9.17, 15) is 9.59 Å². The predicted molar refractivity (Wildman–Crippen MR) is 62.1 cm³/mol. The van der Waals surface area contributed by atoms with E-state index in [0.29, 0.717) is 11.0 Å². The first-order valence-corrected chi connectivity index (χ1v) is 5.09. The first-order valence-electron chi connectivity index (χ1n) is 5.09. The molecule has 5 nitrogen and oxygen atoms in total. The number of hydrogen-bond donors (Lipinski definition) is 0.